The second-order valence-electron chi connectivity index (χ2n) is 6.55. The van der Waals surface area contributed by atoms with Crippen LogP contribution in [0.4, 0.5) is 5.82 Å². The highest BCUT2D eigenvalue weighted by atomic mass is 35.5. The van der Waals surface area contributed by atoms with Gasteiger partial charge in [-0.2, -0.15) is 0 Å². The summed E-state index contributed by atoms with van der Waals surface area (Å²) in [5.74, 6) is 0.835. The number of hydrogen-bond acceptors (Lipinski definition) is 5. The first-order chi connectivity index (χ1) is 13.1. The summed E-state index contributed by atoms with van der Waals surface area (Å²) in [6.45, 7) is 8.58. The van der Waals surface area contributed by atoms with Crippen LogP contribution in [0.15, 0.2) is 18.2 Å². The number of aromatic nitrogens is 2. The molecule has 0 unspecified atom stereocenters. The maximum atomic E-state index is 6.43. The lowest BCUT2D eigenvalue weighted by atomic mass is 10.1. The maximum absolute atomic E-state index is 6.43. The number of nitrogens with one attached hydrogen (secondary N) is 2. The Labute approximate surface area is 170 Å². The van der Waals surface area contributed by atoms with Crippen molar-refractivity contribution in [3.8, 4) is 11.3 Å². The molecule has 146 valence electrons. The van der Waals surface area contributed by atoms with E-state index in [0.717, 1.165) is 54.4 Å². The number of halogens is 2. The Morgan fingerprint density at radius 1 is 1.11 bits per heavy atom. The molecule has 0 spiro atoms. The molecule has 27 heavy (non-hydrogen) atoms. The van der Waals surface area contributed by atoms with Crippen LogP contribution in [-0.2, 0) is 17.6 Å². The minimum atomic E-state index is 0.136. The van der Waals surface area contributed by atoms with Gasteiger partial charge in [-0.25, -0.2) is 9.97 Å². The van der Waals surface area contributed by atoms with Gasteiger partial charge < -0.3 is 15.4 Å². The van der Waals surface area contributed by atoms with Gasteiger partial charge in [0.2, 0.25) is 0 Å². The minimum absolute atomic E-state index is 0.136. The Bertz CT molecular complexity index is 800. The van der Waals surface area contributed by atoms with Gasteiger partial charge in [0.25, 0.3) is 0 Å². The summed E-state index contributed by atoms with van der Waals surface area (Å²) in [7, 11) is 0. The van der Waals surface area contributed by atoms with Crippen molar-refractivity contribution in [2.75, 3.05) is 25.0 Å². The molecule has 0 saturated carbocycles. The SMILES string of the molecule is CCO[C@@H]1CNC[C@H]1Nc1nc(CC)c(-c2ccc(Cl)cc2Cl)nc1CC. The monoisotopic (exact) mass is 408 g/mol. The van der Waals surface area contributed by atoms with Crippen LogP contribution in [0.1, 0.15) is 32.2 Å². The summed E-state index contributed by atoms with van der Waals surface area (Å²) >= 11 is 12.5. The number of anilines is 1. The third kappa shape index (κ3) is 4.54. The second-order valence-corrected chi connectivity index (χ2v) is 7.39. The lowest BCUT2D eigenvalue weighted by molar-refractivity contribution is 0.0709. The van der Waals surface area contributed by atoms with Gasteiger partial charge >= 0.3 is 0 Å². The third-order valence-electron chi connectivity index (χ3n) is 4.76. The molecule has 1 aromatic heterocycles. The topological polar surface area (TPSA) is 59.1 Å². The van der Waals surface area contributed by atoms with E-state index in [2.05, 4.69) is 24.5 Å². The fourth-order valence-electron chi connectivity index (χ4n) is 3.37. The van der Waals surface area contributed by atoms with Crippen molar-refractivity contribution in [2.45, 2.75) is 45.8 Å². The molecular formula is C20H26Cl2N4O. The molecule has 1 aliphatic rings. The molecular weight excluding hydrogens is 383 g/mol. The predicted octanol–water partition coefficient (Wildman–Crippen LogP) is 4.36. The highest BCUT2D eigenvalue weighted by molar-refractivity contribution is 6.36. The zero-order chi connectivity index (χ0) is 19.4. The van der Waals surface area contributed by atoms with E-state index in [-0.39, 0.29) is 12.1 Å². The summed E-state index contributed by atoms with van der Waals surface area (Å²) in [5, 5.41) is 8.13. The number of ether oxygens (including phenoxy) is 1. The standard InChI is InChI=1S/C20H26Cl2N4O/c1-4-15-19(13-8-7-12(21)9-14(13)22)24-16(5-2)20(25-15)26-17-10-23-11-18(17)27-6-3/h7-9,17-18,23H,4-6,10-11H2,1-3H3,(H,25,26)/t17-,18-/m1/s1. The summed E-state index contributed by atoms with van der Waals surface area (Å²) in [6, 6.07) is 5.67. The van der Waals surface area contributed by atoms with Crippen LogP contribution in [0.25, 0.3) is 11.3 Å². The number of benzene rings is 1. The Hall–Kier alpha value is -1.40. The maximum Gasteiger partial charge on any atom is 0.148 e. The molecule has 0 aliphatic carbocycles. The fourth-order valence-corrected chi connectivity index (χ4v) is 3.87. The summed E-state index contributed by atoms with van der Waals surface area (Å²) in [4.78, 5) is 9.83. The molecule has 1 aliphatic heterocycles. The van der Waals surface area contributed by atoms with Gasteiger partial charge in [0.1, 0.15) is 5.82 Å². The molecule has 7 heteroatoms. The van der Waals surface area contributed by atoms with Crippen molar-refractivity contribution in [3.63, 3.8) is 0 Å². The van der Waals surface area contributed by atoms with Gasteiger partial charge in [0, 0.05) is 30.3 Å². The molecule has 3 rings (SSSR count). The van der Waals surface area contributed by atoms with Crippen molar-refractivity contribution in [3.05, 3.63) is 39.6 Å². The van der Waals surface area contributed by atoms with Crippen molar-refractivity contribution in [2.24, 2.45) is 0 Å². The molecule has 1 fully saturated rings. The Kier molecular flexibility index (Phi) is 6.93. The number of hydrogen-bond donors (Lipinski definition) is 2. The highest BCUT2D eigenvalue weighted by Crippen LogP contribution is 2.32. The largest absolute Gasteiger partial charge is 0.375 e. The summed E-state index contributed by atoms with van der Waals surface area (Å²) < 4.78 is 5.83. The van der Waals surface area contributed by atoms with Crippen LogP contribution in [0.2, 0.25) is 10.0 Å². The van der Waals surface area contributed by atoms with E-state index in [9.17, 15) is 0 Å². The molecule has 0 amide bonds. The quantitative estimate of drug-likeness (QED) is 0.712. The molecule has 5 nitrogen and oxygen atoms in total. The van der Waals surface area contributed by atoms with Crippen molar-refractivity contribution in [1.29, 1.82) is 0 Å². The Morgan fingerprint density at radius 2 is 1.89 bits per heavy atom. The zero-order valence-corrected chi connectivity index (χ0v) is 17.5. The first-order valence-electron chi connectivity index (χ1n) is 9.51. The number of nitrogens with zero attached hydrogens (tertiary/aromatic N) is 2. The molecule has 2 atom stereocenters. The van der Waals surface area contributed by atoms with E-state index < -0.39 is 0 Å². The van der Waals surface area contributed by atoms with E-state index in [4.69, 9.17) is 37.9 Å². The molecule has 0 radical (unpaired) electrons. The highest BCUT2D eigenvalue weighted by Gasteiger charge is 2.28. The van der Waals surface area contributed by atoms with E-state index in [1.807, 2.05) is 19.1 Å². The van der Waals surface area contributed by atoms with Gasteiger partial charge in [-0.15, -0.1) is 0 Å². The van der Waals surface area contributed by atoms with Crippen LogP contribution in [0.5, 0.6) is 0 Å². The average molecular weight is 409 g/mol. The average Bonchev–Trinajstić information content (AvgIpc) is 3.09. The number of rotatable bonds is 7. The van der Waals surface area contributed by atoms with Gasteiger partial charge in [-0.05, 0) is 38.0 Å². The molecule has 1 saturated heterocycles. The minimum Gasteiger partial charge on any atom is -0.375 e. The lowest BCUT2D eigenvalue weighted by Crippen LogP contribution is -2.35. The molecule has 2 aromatic rings. The van der Waals surface area contributed by atoms with Crippen LogP contribution in [0, 0.1) is 0 Å². The van der Waals surface area contributed by atoms with Gasteiger partial charge in [0.15, 0.2) is 0 Å². The van der Waals surface area contributed by atoms with Crippen molar-refractivity contribution >= 4 is 29.0 Å². The zero-order valence-electron chi connectivity index (χ0n) is 16.0. The smallest absolute Gasteiger partial charge is 0.148 e. The molecule has 2 heterocycles. The van der Waals surface area contributed by atoms with Gasteiger partial charge in [0.05, 0.1) is 34.3 Å². The summed E-state index contributed by atoms with van der Waals surface area (Å²) in [6.07, 6.45) is 1.67. The normalized spacial score (nSPS) is 19.4. The predicted molar refractivity (Wildman–Crippen MR) is 112 cm³/mol. The first kappa shape index (κ1) is 20.3. The Morgan fingerprint density at radius 3 is 2.56 bits per heavy atom. The molecule has 1 aromatic carbocycles. The fraction of sp³-hybridized carbons (Fsp3) is 0.500. The van der Waals surface area contributed by atoms with E-state index >= 15 is 0 Å². The van der Waals surface area contributed by atoms with Gasteiger partial charge in [-0.1, -0.05) is 37.0 Å². The number of aryl methyl sites for hydroxylation is 2. The van der Waals surface area contributed by atoms with Crippen LogP contribution in [0.3, 0.4) is 0 Å². The van der Waals surface area contributed by atoms with Crippen LogP contribution < -0.4 is 10.6 Å². The molecule has 0 bridgehead atoms. The second kappa shape index (κ2) is 9.20. The Balaban J connectivity index is 1.97. The van der Waals surface area contributed by atoms with E-state index in [1.165, 1.54) is 0 Å². The van der Waals surface area contributed by atoms with Crippen molar-refractivity contribution < 1.29 is 4.74 Å². The first-order valence-corrected chi connectivity index (χ1v) is 10.3. The van der Waals surface area contributed by atoms with Crippen LogP contribution >= 0.6 is 23.2 Å². The van der Waals surface area contributed by atoms with Crippen LogP contribution in [-0.4, -0.2) is 41.8 Å². The molecule has 2 N–H and O–H groups in total. The summed E-state index contributed by atoms with van der Waals surface area (Å²) in [5.41, 5.74) is 3.53. The van der Waals surface area contributed by atoms with E-state index in [0.29, 0.717) is 16.7 Å². The lowest BCUT2D eigenvalue weighted by Gasteiger charge is -2.22. The third-order valence-corrected chi connectivity index (χ3v) is 5.31. The van der Waals surface area contributed by atoms with Gasteiger partial charge in [-0.3, -0.25) is 0 Å². The van der Waals surface area contributed by atoms with E-state index in [1.54, 1.807) is 6.07 Å². The van der Waals surface area contributed by atoms with Crippen molar-refractivity contribution in [1.82, 2.24) is 15.3 Å².